The summed E-state index contributed by atoms with van der Waals surface area (Å²) >= 11 is 0. The van der Waals surface area contributed by atoms with Crippen LogP contribution in [0.3, 0.4) is 0 Å². The third kappa shape index (κ3) is 3.89. The number of hydrogen-bond donors (Lipinski definition) is 1. The van der Waals surface area contributed by atoms with Crippen molar-refractivity contribution >= 4 is 15.5 Å². The molecule has 0 amide bonds. The van der Waals surface area contributed by atoms with E-state index in [9.17, 15) is 8.42 Å². The number of rotatable bonds is 6. The fraction of sp³-hybridized carbons (Fsp3) is 0.500. The smallest absolute Gasteiger partial charge is 0.182 e. The Hall–Kier alpha value is -1.27. The lowest BCUT2D eigenvalue weighted by Crippen LogP contribution is -2.17. The highest BCUT2D eigenvalue weighted by molar-refractivity contribution is 7.91. The van der Waals surface area contributed by atoms with E-state index in [4.69, 9.17) is 10.5 Å². The van der Waals surface area contributed by atoms with Gasteiger partial charge in [0.05, 0.1) is 12.9 Å². The fourth-order valence-corrected chi connectivity index (χ4v) is 3.08. The van der Waals surface area contributed by atoms with Crippen molar-refractivity contribution in [1.29, 1.82) is 0 Å². The van der Waals surface area contributed by atoms with Gasteiger partial charge in [-0.2, -0.15) is 0 Å². The normalized spacial score (nSPS) is 11.8. The van der Waals surface area contributed by atoms with E-state index in [1.54, 1.807) is 6.07 Å². The lowest BCUT2D eigenvalue weighted by Gasteiger charge is -2.12. The molecule has 0 saturated carbocycles. The molecular formula is C12H20N2O3S. The maximum Gasteiger partial charge on any atom is 0.182 e. The minimum atomic E-state index is -3.32. The molecule has 0 fully saturated rings. The van der Waals surface area contributed by atoms with Gasteiger partial charge in [0.2, 0.25) is 0 Å². The number of benzene rings is 1. The molecule has 1 aromatic carbocycles. The first-order valence-corrected chi connectivity index (χ1v) is 7.33. The van der Waals surface area contributed by atoms with Crippen molar-refractivity contribution in [1.82, 2.24) is 4.90 Å². The molecule has 0 aliphatic rings. The molecule has 0 unspecified atom stereocenters. The lowest BCUT2D eigenvalue weighted by atomic mass is 10.3. The predicted octanol–water partition coefficient (Wildman–Crippen LogP) is 1.00. The van der Waals surface area contributed by atoms with Crippen molar-refractivity contribution in [3.8, 4) is 5.75 Å². The van der Waals surface area contributed by atoms with Crippen LogP contribution in [0.1, 0.15) is 6.42 Å². The van der Waals surface area contributed by atoms with Crippen molar-refractivity contribution < 1.29 is 13.2 Å². The van der Waals surface area contributed by atoms with Crippen molar-refractivity contribution in [2.75, 3.05) is 39.2 Å². The molecule has 0 aromatic heterocycles. The van der Waals surface area contributed by atoms with Gasteiger partial charge in [-0.15, -0.1) is 0 Å². The van der Waals surface area contributed by atoms with E-state index in [-0.39, 0.29) is 10.6 Å². The van der Waals surface area contributed by atoms with Crippen LogP contribution in [0, 0.1) is 0 Å². The molecular weight excluding hydrogens is 252 g/mol. The van der Waals surface area contributed by atoms with E-state index >= 15 is 0 Å². The zero-order valence-electron chi connectivity index (χ0n) is 11.0. The maximum atomic E-state index is 12.2. The average Bonchev–Trinajstić information content (AvgIpc) is 2.27. The van der Waals surface area contributed by atoms with E-state index in [1.165, 1.54) is 19.2 Å². The summed E-state index contributed by atoms with van der Waals surface area (Å²) in [5.74, 6) is 0.408. The molecule has 0 aliphatic carbocycles. The Morgan fingerprint density at radius 3 is 2.56 bits per heavy atom. The lowest BCUT2D eigenvalue weighted by molar-refractivity contribution is 0.401. The maximum absolute atomic E-state index is 12.2. The molecule has 0 bridgehead atoms. The third-order valence-corrected chi connectivity index (χ3v) is 4.37. The molecule has 2 N–H and O–H groups in total. The van der Waals surface area contributed by atoms with Crippen LogP contribution in [0.4, 0.5) is 5.69 Å². The second-order valence-electron chi connectivity index (χ2n) is 4.39. The summed E-state index contributed by atoms with van der Waals surface area (Å²) in [6.45, 7) is 0.733. The van der Waals surface area contributed by atoms with Gasteiger partial charge in [0, 0.05) is 11.8 Å². The van der Waals surface area contributed by atoms with Crippen molar-refractivity contribution in [3.63, 3.8) is 0 Å². The van der Waals surface area contributed by atoms with Gasteiger partial charge in [-0.3, -0.25) is 0 Å². The number of nitrogen functional groups attached to an aromatic ring is 1. The molecule has 102 valence electrons. The van der Waals surface area contributed by atoms with E-state index in [2.05, 4.69) is 0 Å². The van der Waals surface area contributed by atoms with E-state index in [0.717, 1.165) is 6.54 Å². The number of methoxy groups -OCH3 is 1. The average molecular weight is 272 g/mol. The molecule has 0 radical (unpaired) electrons. The summed E-state index contributed by atoms with van der Waals surface area (Å²) < 4.78 is 29.4. The van der Waals surface area contributed by atoms with E-state index in [1.807, 2.05) is 19.0 Å². The van der Waals surface area contributed by atoms with Crippen LogP contribution in [0.15, 0.2) is 23.1 Å². The SMILES string of the molecule is COc1cc(N)ccc1S(=O)(=O)CCCN(C)C. The van der Waals surface area contributed by atoms with Crippen LogP contribution >= 0.6 is 0 Å². The number of ether oxygens (including phenoxy) is 1. The summed E-state index contributed by atoms with van der Waals surface area (Å²) in [5, 5.41) is 0. The van der Waals surface area contributed by atoms with Gasteiger partial charge in [-0.05, 0) is 39.2 Å². The summed E-state index contributed by atoms with van der Waals surface area (Å²) in [4.78, 5) is 2.16. The molecule has 0 heterocycles. The van der Waals surface area contributed by atoms with Gasteiger partial charge in [-0.25, -0.2) is 8.42 Å². The summed E-state index contributed by atoms with van der Waals surface area (Å²) in [6.07, 6.45) is 0.586. The first-order valence-electron chi connectivity index (χ1n) is 5.68. The Morgan fingerprint density at radius 2 is 2.00 bits per heavy atom. The van der Waals surface area contributed by atoms with Crippen LogP contribution < -0.4 is 10.5 Å². The number of sulfone groups is 1. The molecule has 0 atom stereocenters. The zero-order valence-corrected chi connectivity index (χ0v) is 11.8. The molecule has 6 heteroatoms. The molecule has 18 heavy (non-hydrogen) atoms. The molecule has 1 aromatic rings. The summed E-state index contributed by atoms with van der Waals surface area (Å²) in [5.41, 5.74) is 6.09. The Kier molecular flexibility index (Phi) is 4.98. The van der Waals surface area contributed by atoms with Crippen LogP contribution in [0.25, 0.3) is 0 Å². The van der Waals surface area contributed by atoms with Crippen LogP contribution in [-0.2, 0) is 9.84 Å². The van der Waals surface area contributed by atoms with E-state index < -0.39 is 9.84 Å². The number of nitrogens with two attached hydrogens (primary N) is 1. The van der Waals surface area contributed by atoms with Gasteiger partial charge >= 0.3 is 0 Å². The van der Waals surface area contributed by atoms with Gasteiger partial charge in [-0.1, -0.05) is 0 Å². The third-order valence-electron chi connectivity index (χ3n) is 2.54. The molecule has 0 saturated heterocycles. The molecule has 0 spiro atoms. The largest absolute Gasteiger partial charge is 0.495 e. The van der Waals surface area contributed by atoms with Crippen molar-refractivity contribution in [3.05, 3.63) is 18.2 Å². The highest BCUT2D eigenvalue weighted by Crippen LogP contribution is 2.27. The minimum absolute atomic E-state index is 0.103. The minimum Gasteiger partial charge on any atom is -0.495 e. The standard InChI is InChI=1S/C12H20N2O3S/c1-14(2)7-4-8-18(15,16)12-6-5-10(13)9-11(12)17-3/h5-6,9H,4,7-8,13H2,1-3H3. The van der Waals surface area contributed by atoms with Crippen LogP contribution in [0.2, 0.25) is 0 Å². The Morgan fingerprint density at radius 1 is 1.33 bits per heavy atom. The quantitative estimate of drug-likeness (QED) is 0.782. The first kappa shape index (κ1) is 14.8. The van der Waals surface area contributed by atoms with Gasteiger partial charge in [0.15, 0.2) is 9.84 Å². The van der Waals surface area contributed by atoms with Crippen molar-refractivity contribution in [2.45, 2.75) is 11.3 Å². The number of hydrogen-bond acceptors (Lipinski definition) is 5. The Bertz CT molecular complexity index is 498. The first-order chi connectivity index (χ1) is 8.36. The van der Waals surface area contributed by atoms with Gasteiger partial charge in [0.25, 0.3) is 0 Å². The second-order valence-corrected chi connectivity index (χ2v) is 6.46. The molecule has 0 aliphatic heterocycles. The topological polar surface area (TPSA) is 72.6 Å². The van der Waals surface area contributed by atoms with Gasteiger partial charge < -0.3 is 15.4 Å². The Labute approximate surface area is 108 Å². The van der Waals surface area contributed by atoms with Crippen molar-refractivity contribution in [2.24, 2.45) is 0 Å². The second kappa shape index (κ2) is 6.06. The Balaban J connectivity index is 2.91. The predicted molar refractivity (Wildman–Crippen MR) is 72.6 cm³/mol. The monoisotopic (exact) mass is 272 g/mol. The highest BCUT2D eigenvalue weighted by atomic mass is 32.2. The molecule has 1 rings (SSSR count). The van der Waals surface area contributed by atoms with Crippen LogP contribution in [0.5, 0.6) is 5.75 Å². The number of anilines is 1. The van der Waals surface area contributed by atoms with E-state index in [0.29, 0.717) is 17.9 Å². The fourth-order valence-electron chi connectivity index (χ4n) is 1.62. The number of nitrogens with zero attached hydrogens (tertiary/aromatic N) is 1. The summed E-state index contributed by atoms with van der Waals surface area (Å²) in [6, 6.07) is 4.60. The van der Waals surface area contributed by atoms with Gasteiger partial charge in [0.1, 0.15) is 10.6 Å². The zero-order chi connectivity index (χ0) is 13.8. The molecule has 5 nitrogen and oxygen atoms in total. The van der Waals surface area contributed by atoms with Crippen LogP contribution in [-0.4, -0.2) is 46.8 Å². The highest BCUT2D eigenvalue weighted by Gasteiger charge is 2.19. The summed E-state index contributed by atoms with van der Waals surface area (Å²) in [7, 11) is 1.94.